The second kappa shape index (κ2) is 6.26. The Morgan fingerprint density at radius 2 is 2.37 bits per heavy atom. The highest BCUT2D eigenvalue weighted by Crippen LogP contribution is 2.23. The first-order valence-electron chi connectivity index (χ1n) is 6.51. The molecule has 0 spiro atoms. The van der Waals surface area contributed by atoms with E-state index in [-0.39, 0.29) is 5.56 Å². The summed E-state index contributed by atoms with van der Waals surface area (Å²) in [4.78, 5) is 13.5. The van der Waals surface area contributed by atoms with E-state index in [0.29, 0.717) is 16.6 Å². The monoisotopic (exact) mass is 282 g/mol. The molecule has 1 unspecified atom stereocenters. The Balaban J connectivity index is 2.02. The molecule has 19 heavy (non-hydrogen) atoms. The molecule has 1 atom stereocenters. The zero-order chi connectivity index (χ0) is 13.8. The standard InChI is InChI=1S/C14H19ClN2O2/c1-17-6-2-3-10(9-17)8-16-13-7-11(15)4-5-12(13)14(18)19/h4-5,7,10,16H,2-3,6,8-9H2,1H3,(H,18,19). The Bertz CT molecular complexity index is 465. The quantitative estimate of drug-likeness (QED) is 0.892. The van der Waals surface area contributed by atoms with E-state index >= 15 is 0 Å². The molecule has 5 heteroatoms. The predicted molar refractivity (Wildman–Crippen MR) is 77.1 cm³/mol. The number of piperidine rings is 1. The predicted octanol–water partition coefficient (Wildman–Crippen LogP) is 2.79. The first-order valence-corrected chi connectivity index (χ1v) is 6.89. The molecule has 0 amide bonds. The summed E-state index contributed by atoms with van der Waals surface area (Å²) in [5.74, 6) is -0.376. The van der Waals surface area contributed by atoms with Crippen molar-refractivity contribution in [1.29, 1.82) is 0 Å². The van der Waals surface area contributed by atoms with E-state index in [1.165, 1.54) is 12.8 Å². The number of halogens is 1. The molecule has 0 radical (unpaired) electrons. The summed E-state index contributed by atoms with van der Waals surface area (Å²) in [6.07, 6.45) is 2.38. The topological polar surface area (TPSA) is 52.6 Å². The first kappa shape index (κ1) is 14.2. The van der Waals surface area contributed by atoms with Gasteiger partial charge in [-0.1, -0.05) is 11.6 Å². The van der Waals surface area contributed by atoms with Crippen LogP contribution in [-0.4, -0.2) is 42.7 Å². The van der Waals surface area contributed by atoms with Crippen molar-refractivity contribution in [3.63, 3.8) is 0 Å². The summed E-state index contributed by atoms with van der Waals surface area (Å²) >= 11 is 5.93. The van der Waals surface area contributed by atoms with Crippen molar-refractivity contribution in [1.82, 2.24) is 4.90 Å². The summed E-state index contributed by atoms with van der Waals surface area (Å²) in [6, 6.07) is 4.82. The number of hydrogen-bond acceptors (Lipinski definition) is 3. The molecule has 1 aromatic rings. The van der Waals surface area contributed by atoms with Crippen LogP contribution in [0.15, 0.2) is 18.2 Å². The molecule has 1 aliphatic rings. The van der Waals surface area contributed by atoms with Crippen LogP contribution >= 0.6 is 11.6 Å². The lowest BCUT2D eigenvalue weighted by Crippen LogP contribution is -2.35. The van der Waals surface area contributed by atoms with Crippen molar-refractivity contribution in [2.75, 3.05) is 32.0 Å². The normalized spacial score (nSPS) is 20.2. The van der Waals surface area contributed by atoms with Crippen molar-refractivity contribution < 1.29 is 9.90 Å². The number of likely N-dealkylation sites (tertiary alicyclic amines) is 1. The number of nitrogens with zero attached hydrogens (tertiary/aromatic N) is 1. The Kier molecular flexibility index (Phi) is 4.66. The van der Waals surface area contributed by atoms with Gasteiger partial charge >= 0.3 is 5.97 Å². The highest BCUT2D eigenvalue weighted by Gasteiger charge is 2.18. The average Bonchev–Trinajstić information content (AvgIpc) is 2.36. The van der Waals surface area contributed by atoms with Crippen LogP contribution in [0.1, 0.15) is 23.2 Å². The number of benzene rings is 1. The second-order valence-corrected chi connectivity index (χ2v) is 5.58. The molecular weight excluding hydrogens is 264 g/mol. The van der Waals surface area contributed by atoms with Gasteiger partial charge in [0.15, 0.2) is 0 Å². The van der Waals surface area contributed by atoms with Gasteiger partial charge in [-0.25, -0.2) is 4.79 Å². The van der Waals surface area contributed by atoms with Crippen LogP contribution in [0, 0.1) is 5.92 Å². The number of hydrogen-bond donors (Lipinski definition) is 2. The van der Waals surface area contributed by atoms with E-state index in [0.717, 1.165) is 19.6 Å². The summed E-state index contributed by atoms with van der Waals surface area (Å²) in [7, 11) is 2.12. The maximum Gasteiger partial charge on any atom is 0.337 e. The molecule has 104 valence electrons. The van der Waals surface area contributed by atoms with Gasteiger partial charge in [-0.3, -0.25) is 0 Å². The van der Waals surface area contributed by atoms with Gasteiger partial charge in [0.1, 0.15) is 0 Å². The highest BCUT2D eigenvalue weighted by molar-refractivity contribution is 6.31. The third-order valence-corrected chi connectivity index (χ3v) is 3.75. The molecule has 1 heterocycles. The lowest BCUT2D eigenvalue weighted by atomic mass is 9.98. The molecule has 2 rings (SSSR count). The third-order valence-electron chi connectivity index (χ3n) is 3.52. The maximum absolute atomic E-state index is 11.1. The van der Waals surface area contributed by atoms with Gasteiger partial charge in [0.05, 0.1) is 11.3 Å². The minimum absolute atomic E-state index is 0.272. The van der Waals surface area contributed by atoms with E-state index in [2.05, 4.69) is 17.3 Å². The van der Waals surface area contributed by atoms with Crippen LogP contribution in [0.5, 0.6) is 0 Å². The van der Waals surface area contributed by atoms with E-state index in [1.807, 2.05) is 0 Å². The smallest absolute Gasteiger partial charge is 0.337 e. The Hall–Kier alpha value is -1.26. The molecular formula is C14H19ClN2O2. The van der Waals surface area contributed by atoms with Crippen molar-refractivity contribution >= 4 is 23.3 Å². The lowest BCUT2D eigenvalue weighted by molar-refractivity contribution is 0.0698. The summed E-state index contributed by atoms with van der Waals surface area (Å²) < 4.78 is 0. The largest absolute Gasteiger partial charge is 0.478 e. The summed E-state index contributed by atoms with van der Waals surface area (Å²) in [5.41, 5.74) is 0.877. The van der Waals surface area contributed by atoms with Gasteiger partial charge < -0.3 is 15.3 Å². The number of aromatic carboxylic acids is 1. The van der Waals surface area contributed by atoms with E-state index < -0.39 is 5.97 Å². The van der Waals surface area contributed by atoms with Crippen molar-refractivity contribution in [2.45, 2.75) is 12.8 Å². The third kappa shape index (κ3) is 3.85. The van der Waals surface area contributed by atoms with Crippen LogP contribution in [0.2, 0.25) is 5.02 Å². The van der Waals surface area contributed by atoms with Gasteiger partial charge in [-0.05, 0) is 50.6 Å². The van der Waals surface area contributed by atoms with Gasteiger partial charge in [-0.15, -0.1) is 0 Å². The molecule has 2 N–H and O–H groups in total. The Labute approximate surface area is 118 Å². The van der Waals surface area contributed by atoms with E-state index in [9.17, 15) is 4.79 Å². The SMILES string of the molecule is CN1CCCC(CNc2cc(Cl)ccc2C(=O)O)C1. The Morgan fingerprint density at radius 3 is 3.05 bits per heavy atom. The first-order chi connectivity index (χ1) is 9.06. The highest BCUT2D eigenvalue weighted by atomic mass is 35.5. The molecule has 1 aliphatic heterocycles. The lowest BCUT2D eigenvalue weighted by Gasteiger charge is -2.30. The van der Waals surface area contributed by atoms with Crippen LogP contribution in [0.3, 0.4) is 0 Å². The number of rotatable bonds is 4. The summed E-state index contributed by atoms with van der Waals surface area (Å²) in [5, 5.41) is 12.9. The maximum atomic E-state index is 11.1. The van der Waals surface area contributed by atoms with Crippen LogP contribution in [0.4, 0.5) is 5.69 Å². The molecule has 0 bridgehead atoms. The van der Waals surface area contributed by atoms with Gasteiger partial charge in [0.25, 0.3) is 0 Å². The number of anilines is 1. The van der Waals surface area contributed by atoms with Gasteiger partial charge in [0.2, 0.25) is 0 Å². The van der Waals surface area contributed by atoms with E-state index in [1.54, 1.807) is 18.2 Å². The van der Waals surface area contributed by atoms with Crippen LogP contribution < -0.4 is 5.32 Å². The van der Waals surface area contributed by atoms with Crippen molar-refractivity contribution in [2.24, 2.45) is 5.92 Å². The van der Waals surface area contributed by atoms with Crippen molar-refractivity contribution in [3.05, 3.63) is 28.8 Å². The number of carboxylic acids is 1. The molecule has 1 saturated heterocycles. The molecule has 0 aromatic heterocycles. The van der Waals surface area contributed by atoms with E-state index in [4.69, 9.17) is 16.7 Å². The van der Waals surface area contributed by atoms with Crippen LogP contribution in [0.25, 0.3) is 0 Å². The Morgan fingerprint density at radius 1 is 1.58 bits per heavy atom. The van der Waals surface area contributed by atoms with Gasteiger partial charge in [-0.2, -0.15) is 0 Å². The average molecular weight is 283 g/mol. The second-order valence-electron chi connectivity index (χ2n) is 5.15. The minimum Gasteiger partial charge on any atom is -0.478 e. The number of nitrogens with one attached hydrogen (secondary N) is 1. The van der Waals surface area contributed by atoms with Crippen molar-refractivity contribution in [3.8, 4) is 0 Å². The number of carbonyl (C=O) groups is 1. The fraction of sp³-hybridized carbons (Fsp3) is 0.500. The molecule has 1 fully saturated rings. The fourth-order valence-corrected chi connectivity index (χ4v) is 2.72. The molecule has 1 aromatic carbocycles. The zero-order valence-electron chi connectivity index (χ0n) is 11.0. The minimum atomic E-state index is -0.931. The van der Waals surface area contributed by atoms with Crippen LogP contribution in [-0.2, 0) is 0 Å². The molecule has 4 nitrogen and oxygen atoms in total. The number of carboxylic acid groups (broad SMARTS) is 1. The summed E-state index contributed by atoms with van der Waals surface area (Å²) in [6.45, 7) is 2.98. The fourth-order valence-electron chi connectivity index (χ4n) is 2.54. The zero-order valence-corrected chi connectivity index (χ0v) is 11.8. The molecule has 0 aliphatic carbocycles. The van der Waals surface area contributed by atoms with Gasteiger partial charge in [0, 0.05) is 18.1 Å². The molecule has 0 saturated carbocycles.